The minimum Gasteiger partial charge on any atom is -0.507 e. The SMILES string of the molecule is COCc1c(O)cc2cc(CO)oc(=O)c2c1O. The number of rotatable bonds is 3. The van der Waals surface area contributed by atoms with Crippen LogP contribution < -0.4 is 5.63 Å². The third-order valence-corrected chi connectivity index (χ3v) is 2.60. The van der Waals surface area contributed by atoms with E-state index < -0.39 is 12.2 Å². The van der Waals surface area contributed by atoms with E-state index in [1.54, 1.807) is 0 Å². The Morgan fingerprint density at radius 3 is 2.67 bits per heavy atom. The monoisotopic (exact) mass is 252 g/mol. The molecule has 1 aromatic carbocycles. The molecule has 2 aromatic rings. The zero-order valence-corrected chi connectivity index (χ0v) is 9.64. The zero-order valence-electron chi connectivity index (χ0n) is 9.64. The van der Waals surface area contributed by atoms with E-state index >= 15 is 0 Å². The van der Waals surface area contributed by atoms with Crippen LogP contribution in [0.3, 0.4) is 0 Å². The molecule has 0 atom stereocenters. The van der Waals surface area contributed by atoms with E-state index in [-0.39, 0.29) is 34.8 Å². The highest BCUT2D eigenvalue weighted by atomic mass is 16.5. The molecule has 6 heteroatoms. The summed E-state index contributed by atoms with van der Waals surface area (Å²) in [4.78, 5) is 11.7. The smallest absolute Gasteiger partial charge is 0.347 e. The van der Waals surface area contributed by atoms with Gasteiger partial charge in [0.05, 0.1) is 12.2 Å². The van der Waals surface area contributed by atoms with Crippen LogP contribution in [0.25, 0.3) is 10.8 Å². The molecule has 2 rings (SSSR count). The van der Waals surface area contributed by atoms with Crippen LogP contribution >= 0.6 is 0 Å². The van der Waals surface area contributed by atoms with Gasteiger partial charge in [-0.1, -0.05) is 0 Å². The molecule has 0 aliphatic rings. The molecule has 0 saturated carbocycles. The van der Waals surface area contributed by atoms with E-state index in [0.717, 1.165) is 0 Å². The van der Waals surface area contributed by atoms with Crippen LogP contribution in [-0.2, 0) is 18.0 Å². The van der Waals surface area contributed by atoms with E-state index in [2.05, 4.69) is 0 Å². The summed E-state index contributed by atoms with van der Waals surface area (Å²) in [5.74, 6) is -0.493. The number of aromatic hydroxyl groups is 2. The molecule has 1 heterocycles. The Hall–Kier alpha value is -2.05. The minimum absolute atomic E-state index is 0.0329. The Bertz CT molecular complexity index is 643. The Labute approximate surface area is 102 Å². The molecule has 18 heavy (non-hydrogen) atoms. The molecule has 0 aliphatic carbocycles. The third-order valence-electron chi connectivity index (χ3n) is 2.60. The molecule has 6 nitrogen and oxygen atoms in total. The number of methoxy groups -OCH3 is 1. The first-order chi connectivity index (χ1) is 8.58. The fraction of sp³-hybridized carbons (Fsp3) is 0.250. The fourth-order valence-electron chi connectivity index (χ4n) is 1.78. The van der Waals surface area contributed by atoms with Crippen molar-refractivity contribution in [3.63, 3.8) is 0 Å². The Morgan fingerprint density at radius 2 is 2.06 bits per heavy atom. The minimum atomic E-state index is -0.772. The van der Waals surface area contributed by atoms with Gasteiger partial charge in [-0.2, -0.15) is 0 Å². The first kappa shape index (κ1) is 12.4. The number of hydrogen-bond donors (Lipinski definition) is 3. The zero-order chi connectivity index (χ0) is 13.3. The summed E-state index contributed by atoms with van der Waals surface area (Å²) in [7, 11) is 1.40. The molecule has 0 spiro atoms. The lowest BCUT2D eigenvalue weighted by molar-refractivity contribution is 0.179. The van der Waals surface area contributed by atoms with Crippen molar-refractivity contribution >= 4 is 10.8 Å². The summed E-state index contributed by atoms with van der Waals surface area (Å²) >= 11 is 0. The highest BCUT2D eigenvalue weighted by Crippen LogP contribution is 2.34. The summed E-state index contributed by atoms with van der Waals surface area (Å²) < 4.78 is 9.64. The maximum atomic E-state index is 11.7. The molecule has 0 fully saturated rings. The second-order valence-corrected chi connectivity index (χ2v) is 3.78. The Balaban J connectivity index is 2.82. The van der Waals surface area contributed by atoms with Gasteiger partial charge in [0.1, 0.15) is 29.3 Å². The van der Waals surface area contributed by atoms with Gasteiger partial charge in [-0.05, 0) is 17.5 Å². The second kappa shape index (κ2) is 4.67. The average molecular weight is 252 g/mol. The summed E-state index contributed by atoms with van der Waals surface area (Å²) in [6.45, 7) is -0.471. The van der Waals surface area contributed by atoms with Crippen molar-refractivity contribution in [1.82, 2.24) is 0 Å². The highest BCUT2D eigenvalue weighted by molar-refractivity contribution is 5.90. The van der Waals surface area contributed by atoms with Crippen LogP contribution in [0.1, 0.15) is 11.3 Å². The number of hydrogen-bond acceptors (Lipinski definition) is 6. The van der Waals surface area contributed by atoms with E-state index in [4.69, 9.17) is 14.3 Å². The van der Waals surface area contributed by atoms with Crippen LogP contribution in [0.4, 0.5) is 0 Å². The summed E-state index contributed by atoms with van der Waals surface area (Å²) in [5.41, 5.74) is -0.652. The highest BCUT2D eigenvalue weighted by Gasteiger charge is 2.16. The van der Waals surface area contributed by atoms with E-state index in [0.29, 0.717) is 5.39 Å². The van der Waals surface area contributed by atoms with Crippen molar-refractivity contribution in [1.29, 1.82) is 0 Å². The van der Waals surface area contributed by atoms with E-state index in [1.165, 1.54) is 19.2 Å². The predicted octanol–water partition coefficient (Wildman–Crippen LogP) is 0.843. The van der Waals surface area contributed by atoms with Crippen molar-refractivity contribution in [3.8, 4) is 11.5 Å². The number of aliphatic hydroxyl groups excluding tert-OH is 1. The van der Waals surface area contributed by atoms with Crippen molar-refractivity contribution in [2.24, 2.45) is 0 Å². The predicted molar refractivity (Wildman–Crippen MR) is 62.4 cm³/mol. The molecule has 0 amide bonds. The van der Waals surface area contributed by atoms with Crippen molar-refractivity contribution in [2.45, 2.75) is 13.2 Å². The fourth-order valence-corrected chi connectivity index (χ4v) is 1.78. The van der Waals surface area contributed by atoms with Gasteiger partial charge in [-0.25, -0.2) is 4.79 Å². The topological polar surface area (TPSA) is 100 Å². The van der Waals surface area contributed by atoms with Crippen LogP contribution in [-0.4, -0.2) is 22.4 Å². The standard InChI is InChI=1S/C12H12O6/c1-17-5-8-9(14)3-6-2-7(4-13)18-12(16)10(6)11(8)15/h2-3,13-15H,4-5H2,1H3. The van der Waals surface area contributed by atoms with Gasteiger partial charge < -0.3 is 24.5 Å². The third kappa shape index (κ3) is 1.92. The first-order valence-corrected chi connectivity index (χ1v) is 5.18. The lowest BCUT2D eigenvalue weighted by Gasteiger charge is -2.09. The average Bonchev–Trinajstić information content (AvgIpc) is 2.33. The van der Waals surface area contributed by atoms with Gasteiger partial charge in [0.25, 0.3) is 0 Å². The summed E-state index contributed by atoms with van der Waals surface area (Å²) in [5, 5.41) is 28.9. The molecule has 0 radical (unpaired) electrons. The van der Waals surface area contributed by atoms with Gasteiger partial charge in [0.15, 0.2) is 0 Å². The summed E-state index contributed by atoms with van der Waals surface area (Å²) in [6, 6.07) is 2.70. The maximum absolute atomic E-state index is 11.7. The van der Waals surface area contributed by atoms with Crippen molar-refractivity contribution < 1.29 is 24.5 Å². The quantitative estimate of drug-likeness (QED) is 0.748. The van der Waals surface area contributed by atoms with Crippen LogP contribution in [0.15, 0.2) is 21.3 Å². The van der Waals surface area contributed by atoms with Gasteiger partial charge in [0, 0.05) is 7.11 Å². The molecule has 0 saturated heterocycles. The molecule has 1 aromatic heterocycles. The maximum Gasteiger partial charge on any atom is 0.347 e. The second-order valence-electron chi connectivity index (χ2n) is 3.78. The molecular formula is C12H12O6. The lowest BCUT2D eigenvalue weighted by Crippen LogP contribution is -2.04. The number of phenols is 2. The van der Waals surface area contributed by atoms with Crippen LogP contribution in [0.5, 0.6) is 11.5 Å². The number of benzene rings is 1. The molecule has 0 aliphatic heterocycles. The Morgan fingerprint density at radius 1 is 1.33 bits per heavy atom. The Kier molecular flexibility index (Phi) is 3.22. The van der Waals surface area contributed by atoms with Crippen molar-refractivity contribution in [3.05, 3.63) is 33.9 Å². The van der Waals surface area contributed by atoms with E-state index in [1.807, 2.05) is 0 Å². The van der Waals surface area contributed by atoms with Crippen LogP contribution in [0.2, 0.25) is 0 Å². The molecular weight excluding hydrogens is 240 g/mol. The van der Waals surface area contributed by atoms with Gasteiger partial charge in [-0.3, -0.25) is 0 Å². The largest absolute Gasteiger partial charge is 0.507 e. The lowest BCUT2D eigenvalue weighted by atomic mass is 10.1. The molecule has 3 N–H and O–H groups in total. The van der Waals surface area contributed by atoms with Gasteiger partial charge in [0.2, 0.25) is 0 Å². The van der Waals surface area contributed by atoms with E-state index in [9.17, 15) is 15.0 Å². The normalized spacial score (nSPS) is 11.0. The van der Waals surface area contributed by atoms with Crippen LogP contribution in [0, 0.1) is 0 Å². The number of aliphatic hydroxyl groups is 1. The number of ether oxygens (including phenoxy) is 1. The first-order valence-electron chi connectivity index (χ1n) is 5.18. The molecule has 96 valence electrons. The number of phenolic OH excluding ortho intramolecular Hbond substituents is 2. The number of fused-ring (bicyclic) bond motifs is 1. The molecule has 0 bridgehead atoms. The molecule has 0 unspecified atom stereocenters. The summed E-state index contributed by atoms with van der Waals surface area (Å²) in [6.07, 6.45) is 0. The van der Waals surface area contributed by atoms with Crippen molar-refractivity contribution in [2.75, 3.05) is 7.11 Å². The van der Waals surface area contributed by atoms with Gasteiger partial charge in [-0.15, -0.1) is 0 Å². The van der Waals surface area contributed by atoms with Gasteiger partial charge >= 0.3 is 5.63 Å².